The molecule has 0 saturated heterocycles. The first-order valence-corrected chi connectivity index (χ1v) is 6.26. The van der Waals surface area contributed by atoms with Crippen molar-refractivity contribution in [2.75, 3.05) is 0 Å². The van der Waals surface area contributed by atoms with Crippen LogP contribution in [0, 0.1) is 17.3 Å². The zero-order chi connectivity index (χ0) is 9.31. The highest BCUT2D eigenvalue weighted by Crippen LogP contribution is 2.59. The van der Waals surface area contributed by atoms with Gasteiger partial charge < -0.3 is 0 Å². The van der Waals surface area contributed by atoms with Crippen molar-refractivity contribution < 1.29 is 0 Å². The molecule has 0 nitrogen and oxygen atoms in total. The minimum atomic E-state index is 0.774. The van der Waals surface area contributed by atoms with E-state index in [4.69, 9.17) is 0 Å². The topological polar surface area (TPSA) is 0 Å². The second-order valence-electron chi connectivity index (χ2n) is 5.59. The van der Waals surface area contributed by atoms with Crippen LogP contribution in [0.3, 0.4) is 0 Å². The van der Waals surface area contributed by atoms with E-state index < -0.39 is 0 Å². The Morgan fingerprint density at radius 3 is 2.38 bits per heavy atom. The molecule has 2 rings (SSSR count). The summed E-state index contributed by atoms with van der Waals surface area (Å²) in [4.78, 5) is 0. The Morgan fingerprint density at radius 1 is 1.15 bits per heavy atom. The Hall–Kier alpha value is 0. The van der Waals surface area contributed by atoms with Crippen LogP contribution in [-0.4, -0.2) is 0 Å². The van der Waals surface area contributed by atoms with Gasteiger partial charge in [0.1, 0.15) is 0 Å². The molecule has 0 N–H and O–H groups in total. The molecule has 2 atom stereocenters. The van der Waals surface area contributed by atoms with Crippen molar-refractivity contribution in [1.82, 2.24) is 0 Å². The maximum absolute atomic E-state index is 2.55. The zero-order valence-electron chi connectivity index (χ0n) is 9.31. The molecule has 0 aromatic carbocycles. The lowest BCUT2D eigenvalue weighted by molar-refractivity contribution is 0.0209. The third-order valence-electron chi connectivity index (χ3n) is 4.46. The second kappa shape index (κ2) is 3.63. The lowest BCUT2D eigenvalue weighted by Crippen LogP contribution is -2.38. The van der Waals surface area contributed by atoms with Crippen molar-refractivity contribution >= 4 is 0 Å². The second-order valence-corrected chi connectivity index (χ2v) is 5.59. The van der Waals surface area contributed by atoms with E-state index >= 15 is 0 Å². The highest BCUT2D eigenvalue weighted by Gasteiger charge is 2.49. The number of hydrogen-bond donors (Lipinski definition) is 0. The molecule has 0 amide bonds. The summed E-state index contributed by atoms with van der Waals surface area (Å²) in [5.41, 5.74) is 0.774. The summed E-state index contributed by atoms with van der Waals surface area (Å²) in [6, 6.07) is 0. The minimum absolute atomic E-state index is 0.774. The van der Waals surface area contributed by atoms with Crippen molar-refractivity contribution in [3.05, 3.63) is 0 Å². The van der Waals surface area contributed by atoms with Gasteiger partial charge in [-0.25, -0.2) is 0 Å². The Bertz CT molecular complexity index is 169. The van der Waals surface area contributed by atoms with Crippen LogP contribution in [0.5, 0.6) is 0 Å². The summed E-state index contributed by atoms with van der Waals surface area (Å²) in [6.45, 7) is 4.86. The lowest BCUT2D eigenvalue weighted by Gasteiger charge is -2.48. The number of hydrogen-bond acceptors (Lipinski definition) is 0. The van der Waals surface area contributed by atoms with Crippen molar-refractivity contribution in [2.24, 2.45) is 17.3 Å². The predicted octanol–water partition coefficient (Wildman–Crippen LogP) is 4.39. The van der Waals surface area contributed by atoms with Gasteiger partial charge >= 0.3 is 0 Å². The van der Waals surface area contributed by atoms with Gasteiger partial charge in [-0.15, -0.1) is 0 Å². The Balaban J connectivity index is 1.75. The maximum Gasteiger partial charge on any atom is -0.0295 e. The first-order valence-electron chi connectivity index (χ1n) is 6.26. The fraction of sp³-hybridized carbons (Fsp3) is 1.00. The van der Waals surface area contributed by atoms with Gasteiger partial charge in [-0.3, -0.25) is 0 Å². The van der Waals surface area contributed by atoms with Gasteiger partial charge in [0.05, 0.1) is 0 Å². The lowest BCUT2D eigenvalue weighted by atomic mass is 9.57. The van der Waals surface area contributed by atoms with E-state index in [0.29, 0.717) is 0 Å². The van der Waals surface area contributed by atoms with Gasteiger partial charge in [-0.05, 0) is 49.4 Å². The van der Waals surface area contributed by atoms with E-state index in [0.717, 1.165) is 17.3 Å². The van der Waals surface area contributed by atoms with Crippen molar-refractivity contribution in [2.45, 2.75) is 65.2 Å². The van der Waals surface area contributed by atoms with Crippen molar-refractivity contribution in [3.63, 3.8) is 0 Å². The summed E-state index contributed by atoms with van der Waals surface area (Å²) in [6.07, 6.45) is 12.0. The average molecular weight is 180 g/mol. The van der Waals surface area contributed by atoms with Gasteiger partial charge in [-0.2, -0.15) is 0 Å². The average Bonchev–Trinajstić information content (AvgIpc) is 2.87. The van der Waals surface area contributed by atoms with E-state index in [2.05, 4.69) is 13.8 Å². The highest BCUT2D eigenvalue weighted by molar-refractivity contribution is 4.99. The summed E-state index contributed by atoms with van der Waals surface area (Å²) < 4.78 is 0. The minimum Gasteiger partial charge on any atom is -0.0654 e. The molecule has 2 saturated carbocycles. The molecule has 0 aromatic rings. The van der Waals surface area contributed by atoms with Crippen LogP contribution >= 0.6 is 0 Å². The summed E-state index contributed by atoms with van der Waals surface area (Å²) >= 11 is 0. The standard InChI is InChI=1S/C13H24/c1-3-4-5-9-13(2)10-8-12(13)11-6-7-11/h11-12H,3-10H2,1-2H3. The fourth-order valence-corrected chi connectivity index (χ4v) is 3.20. The fourth-order valence-electron chi connectivity index (χ4n) is 3.20. The molecule has 0 heteroatoms. The van der Waals surface area contributed by atoms with Crippen LogP contribution in [0.1, 0.15) is 65.2 Å². The van der Waals surface area contributed by atoms with E-state index in [1.807, 2.05) is 0 Å². The van der Waals surface area contributed by atoms with E-state index in [-0.39, 0.29) is 0 Å². The van der Waals surface area contributed by atoms with Gasteiger partial charge in [0, 0.05) is 0 Å². The molecule has 0 heterocycles. The molecule has 2 fully saturated rings. The van der Waals surface area contributed by atoms with E-state index in [1.54, 1.807) is 19.3 Å². The molecule has 2 aliphatic rings. The van der Waals surface area contributed by atoms with Crippen LogP contribution in [0.2, 0.25) is 0 Å². The van der Waals surface area contributed by atoms with E-state index in [1.165, 1.54) is 32.1 Å². The smallest absolute Gasteiger partial charge is 0.0295 e. The first-order chi connectivity index (χ1) is 6.26. The Labute approximate surface area is 83.1 Å². The molecule has 0 aromatic heterocycles. The molecule has 2 aliphatic carbocycles. The van der Waals surface area contributed by atoms with Gasteiger partial charge in [0.15, 0.2) is 0 Å². The molecule has 0 spiro atoms. The molecule has 13 heavy (non-hydrogen) atoms. The van der Waals surface area contributed by atoms with Crippen LogP contribution in [0.25, 0.3) is 0 Å². The quantitative estimate of drug-likeness (QED) is 0.550. The largest absolute Gasteiger partial charge is 0.0654 e. The van der Waals surface area contributed by atoms with Crippen LogP contribution in [0.15, 0.2) is 0 Å². The monoisotopic (exact) mass is 180 g/mol. The van der Waals surface area contributed by atoms with Gasteiger partial charge in [-0.1, -0.05) is 33.1 Å². The summed E-state index contributed by atoms with van der Waals surface area (Å²) in [5, 5.41) is 0. The molecular weight excluding hydrogens is 156 g/mol. The Morgan fingerprint density at radius 2 is 1.92 bits per heavy atom. The zero-order valence-corrected chi connectivity index (χ0v) is 9.31. The molecule has 76 valence electrons. The number of unbranched alkanes of at least 4 members (excludes halogenated alkanes) is 2. The van der Waals surface area contributed by atoms with E-state index in [9.17, 15) is 0 Å². The highest BCUT2D eigenvalue weighted by atomic mass is 14.5. The molecular formula is C13H24. The van der Waals surface area contributed by atoms with Gasteiger partial charge in [0.2, 0.25) is 0 Å². The predicted molar refractivity (Wildman–Crippen MR) is 57.7 cm³/mol. The summed E-state index contributed by atoms with van der Waals surface area (Å²) in [7, 11) is 0. The SMILES string of the molecule is CCCCCC1(C)CCC1C1CC1. The third-order valence-corrected chi connectivity index (χ3v) is 4.46. The Kier molecular flexibility index (Phi) is 2.67. The van der Waals surface area contributed by atoms with Crippen molar-refractivity contribution in [3.8, 4) is 0 Å². The number of rotatable bonds is 5. The molecule has 0 radical (unpaired) electrons. The summed E-state index contributed by atoms with van der Waals surface area (Å²) in [5.74, 6) is 2.28. The normalized spacial score (nSPS) is 38.8. The maximum atomic E-state index is 2.55. The molecule has 0 aliphatic heterocycles. The van der Waals surface area contributed by atoms with Crippen LogP contribution in [-0.2, 0) is 0 Å². The molecule has 2 unspecified atom stereocenters. The van der Waals surface area contributed by atoms with Crippen LogP contribution in [0.4, 0.5) is 0 Å². The van der Waals surface area contributed by atoms with Crippen LogP contribution < -0.4 is 0 Å². The molecule has 0 bridgehead atoms. The third kappa shape index (κ3) is 1.92. The van der Waals surface area contributed by atoms with Crippen molar-refractivity contribution in [1.29, 1.82) is 0 Å². The first kappa shape index (κ1) is 9.55. The van der Waals surface area contributed by atoms with Gasteiger partial charge in [0.25, 0.3) is 0 Å².